The topological polar surface area (TPSA) is 41.6 Å². The van der Waals surface area contributed by atoms with E-state index in [-0.39, 0.29) is 11.3 Å². The second-order valence-electron chi connectivity index (χ2n) is 6.63. The van der Waals surface area contributed by atoms with Crippen molar-refractivity contribution in [1.29, 1.82) is 0 Å². The normalized spacial score (nSPS) is 31.9. The Hall–Kier alpha value is -0.610. The number of nitrogens with zero attached hydrogens (tertiary/aromatic N) is 1. The van der Waals surface area contributed by atoms with Crippen LogP contribution in [0, 0.1) is 11.3 Å². The number of carbonyl (C=O) groups excluding carboxylic acids is 1. The Balaban J connectivity index is 1.83. The maximum absolute atomic E-state index is 11.9. The standard InChI is InChI=1S/C15H28N2O2/c1-5-6-8-16-12(18)10-17(4)13-11-7-9-19-14(11)15(13,2)3/h11,13-14H,5-10H2,1-4H3,(H,16,18)/t11-,13+,14-/m0/s1. The smallest absolute Gasteiger partial charge is 0.234 e. The second kappa shape index (κ2) is 5.80. The molecule has 4 nitrogen and oxygen atoms in total. The molecule has 1 aliphatic heterocycles. The van der Waals surface area contributed by atoms with Crippen LogP contribution < -0.4 is 5.32 Å². The Morgan fingerprint density at radius 1 is 1.47 bits per heavy atom. The fourth-order valence-corrected chi connectivity index (χ4v) is 3.98. The lowest BCUT2D eigenvalue weighted by Crippen LogP contribution is -2.66. The summed E-state index contributed by atoms with van der Waals surface area (Å²) in [5, 5.41) is 2.99. The van der Waals surface area contributed by atoms with Crippen molar-refractivity contribution in [3.8, 4) is 0 Å². The lowest BCUT2D eigenvalue weighted by molar-refractivity contribution is -0.154. The Morgan fingerprint density at radius 2 is 2.21 bits per heavy atom. The molecule has 4 heteroatoms. The Labute approximate surface area is 116 Å². The van der Waals surface area contributed by atoms with Gasteiger partial charge in [0.2, 0.25) is 5.91 Å². The molecule has 0 aromatic carbocycles. The molecule has 0 aromatic rings. The minimum absolute atomic E-state index is 0.147. The molecule has 3 atom stereocenters. The highest BCUT2D eigenvalue weighted by molar-refractivity contribution is 5.78. The SMILES string of the molecule is CCCCNC(=O)CN(C)[C@@H]1[C@@H]2CCO[C@@H]2C1(C)C. The van der Waals surface area contributed by atoms with Gasteiger partial charge in [0, 0.05) is 30.5 Å². The predicted octanol–water partition coefficient (Wildman–Crippen LogP) is 1.65. The second-order valence-corrected chi connectivity index (χ2v) is 6.63. The minimum atomic E-state index is 0.147. The summed E-state index contributed by atoms with van der Waals surface area (Å²) >= 11 is 0. The molecular formula is C15H28N2O2. The van der Waals surface area contributed by atoms with Gasteiger partial charge in [0.15, 0.2) is 0 Å². The fourth-order valence-electron chi connectivity index (χ4n) is 3.98. The summed E-state index contributed by atoms with van der Waals surface area (Å²) in [7, 11) is 2.07. The van der Waals surface area contributed by atoms with Gasteiger partial charge < -0.3 is 10.1 Å². The van der Waals surface area contributed by atoms with Crippen LogP contribution in [0.4, 0.5) is 0 Å². The van der Waals surface area contributed by atoms with Crippen LogP contribution in [0.3, 0.4) is 0 Å². The molecule has 1 amide bonds. The van der Waals surface area contributed by atoms with Crippen LogP contribution in [0.2, 0.25) is 0 Å². The first-order valence-corrected chi connectivity index (χ1v) is 7.57. The van der Waals surface area contributed by atoms with Crippen molar-refractivity contribution in [1.82, 2.24) is 10.2 Å². The molecule has 2 rings (SSSR count). The van der Waals surface area contributed by atoms with Crippen LogP contribution in [0.5, 0.6) is 0 Å². The summed E-state index contributed by atoms with van der Waals surface area (Å²) in [4.78, 5) is 14.1. The molecule has 0 aromatic heterocycles. The highest BCUT2D eigenvalue weighted by Crippen LogP contribution is 2.54. The van der Waals surface area contributed by atoms with Crippen molar-refractivity contribution in [3.63, 3.8) is 0 Å². The first-order valence-electron chi connectivity index (χ1n) is 7.57. The van der Waals surface area contributed by atoms with Crippen LogP contribution >= 0.6 is 0 Å². The number of unbranched alkanes of at least 4 members (excludes halogenated alkanes) is 1. The summed E-state index contributed by atoms with van der Waals surface area (Å²) in [6.07, 6.45) is 3.71. The quantitative estimate of drug-likeness (QED) is 0.745. The molecule has 0 radical (unpaired) electrons. The lowest BCUT2D eigenvalue weighted by atomic mass is 9.57. The number of nitrogens with one attached hydrogen (secondary N) is 1. The number of rotatable bonds is 6. The van der Waals surface area contributed by atoms with E-state index < -0.39 is 0 Å². The third-order valence-electron chi connectivity index (χ3n) is 4.76. The van der Waals surface area contributed by atoms with Crippen LogP contribution in [-0.2, 0) is 9.53 Å². The van der Waals surface area contributed by atoms with E-state index >= 15 is 0 Å². The highest BCUT2D eigenvalue weighted by Gasteiger charge is 2.60. The van der Waals surface area contributed by atoms with Gasteiger partial charge in [0.1, 0.15) is 0 Å². The molecule has 2 aliphatic rings. The average Bonchev–Trinajstić information content (AvgIpc) is 2.75. The van der Waals surface area contributed by atoms with Gasteiger partial charge in [-0.2, -0.15) is 0 Å². The molecular weight excluding hydrogens is 240 g/mol. The van der Waals surface area contributed by atoms with E-state index in [0.717, 1.165) is 32.4 Å². The summed E-state index contributed by atoms with van der Waals surface area (Å²) in [5.41, 5.74) is 0.166. The monoisotopic (exact) mass is 268 g/mol. The van der Waals surface area contributed by atoms with Crippen molar-refractivity contribution in [3.05, 3.63) is 0 Å². The van der Waals surface area contributed by atoms with Crippen LogP contribution in [0.15, 0.2) is 0 Å². The van der Waals surface area contributed by atoms with E-state index in [2.05, 4.69) is 38.0 Å². The summed E-state index contributed by atoms with van der Waals surface area (Å²) in [6.45, 7) is 8.83. The number of hydrogen-bond acceptors (Lipinski definition) is 3. The van der Waals surface area contributed by atoms with E-state index in [1.165, 1.54) is 0 Å². The highest BCUT2D eigenvalue weighted by atomic mass is 16.5. The van der Waals surface area contributed by atoms with Crippen LogP contribution in [0.25, 0.3) is 0 Å². The fraction of sp³-hybridized carbons (Fsp3) is 0.933. The Bertz CT molecular complexity index is 330. The van der Waals surface area contributed by atoms with Gasteiger partial charge in [-0.15, -0.1) is 0 Å². The van der Waals surface area contributed by atoms with Crippen molar-refractivity contribution < 1.29 is 9.53 Å². The molecule has 0 spiro atoms. The van der Waals surface area contributed by atoms with Gasteiger partial charge >= 0.3 is 0 Å². The van der Waals surface area contributed by atoms with Gasteiger partial charge in [-0.25, -0.2) is 0 Å². The van der Waals surface area contributed by atoms with Crippen LogP contribution in [-0.4, -0.2) is 49.7 Å². The third kappa shape index (κ3) is 2.79. The number of fused-ring (bicyclic) bond motifs is 1. The largest absolute Gasteiger partial charge is 0.377 e. The molecule has 110 valence electrons. The zero-order chi connectivity index (χ0) is 14.0. The summed E-state index contributed by atoms with van der Waals surface area (Å²) < 4.78 is 5.80. The summed E-state index contributed by atoms with van der Waals surface area (Å²) in [6, 6.07) is 0.469. The van der Waals surface area contributed by atoms with E-state index in [1.807, 2.05) is 0 Å². The Morgan fingerprint density at radius 3 is 2.89 bits per heavy atom. The number of likely N-dealkylation sites (N-methyl/N-ethyl adjacent to an activating group) is 1. The average molecular weight is 268 g/mol. The zero-order valence-corrected chi connectivity index (χ0v) is 12.7. The van der Waals surface area contributed by atoms with Crippen molar-refractivity contribution >= 4 is 5.91 Å². The first kappa shape index (κ1) is 14.8. The zero-order valence-electron chi connectivity index (χ0n) is 12.7. The first-order chi connectivity index (χ1) is 8.98. The maximum Gasteiger partial charge on any atom is 0.234 e. The van der Waals surface area contributed by atoms with Gasteiger partial charge in [-0.1, -0.05) is 27.2 Å². The van der Waals surface area contributed by atoms with Crippen molar-refractivity contribution in [2.24, 2.45) is 11.3 Å². The van der Waals surface area contributed by atoms with Gasteiger partial charge in [0.05, 0.1) is 12.6 Å². The molecule has 1 saturated heterocycles. The molecule has 1 aliphatic carbocycles. The number of amides is 1. The maximum atomic E-state index is 11.9. The molecule has 1 heterocycles. The number of ether oxygens (including phenoxy) is 1. The van der Waals surface area contributed by atoms with Crippen LogP contribution in [0.1, 0.15) is 40.0 Å². The van der Waals surface area contributed by atoms with Gasteiger partial charge in [-0.3, -0.25) is 9.69 Å². The van der Waals surface area contributed by atoms with E-state index in [1.54, 1.807) is 0 Å². The number of carbonyl (C=O) groups is 1. The molecule has 19 heavy (non-hydrogen) atoms. The summed E-state index contributed by atoms with van der Waals surface area (Å²) in [5.74, 6) is 0.762. The van der Waals surface area contributed by atoms with E-state index in [4.69, 9.17) is 4.74 Å². The van der Waals surface area contributed by atoms with E-state index in [0.29, 0.717) is 24.6 Å². The molecule has 0 bridgehead atoms. The predicted molar refractivity (Wildman–Crippen MR) is 76.0 cm³/mol. The molecule has 1 saturated carbocycles. The van der Waals surface area contributed by atoms with E-state index in [9.17, 15) is 4.79 Å². The third-order valence-corrected chi connectivity index (χ3v) is 4.76. The Kier molecular flexibility index (Phi) is 4.51. The van der Waals surface area contributed by atoms with Gasteiger partial charge in [0.25, 0.3) is 0 Å². The minimum Gasteiger partial charge on any atom is -0.377 e. The van der Waals surface area contributed by atoms with Gasteiger partial charge in [-0.05, 0) is 19.9 Å². The van der Waals surface area contributed by atoms with Crippen molar-refractivity contribution in [2.45, 2.75) is 52.2 Å². The molecule has 1 N–H and O–H groups in total. The molecule has 0 unspecified atom stereocenters. The van der Waals surface area contributed by atoms with Crippen molar-refractivity contribution in [2.75, 3.05) is 26.7 Å². The lowest BCUT2D eigenvalue weighted by Gasteiger charge is -2.57. The molecule has 2 fully saturated rings. The number of hydrogen-bond donors (Lipinski definition) is 1.